The van der Waals surface area contributed by atoms with Crippen LogP contribution in [0.2, 0.25) is 0 Å². The molecule has 2 N–H and O–H groups in total. The Morgan fingerprint density at radius 1 is 1.31 bits per heavy atom. The van der Waals surface area contributed by atoms with E-state index in [1.54, 1.807) is 36.4 Å². The van der Waals surface area contributed by atoms with E-state index in [1.807, 2.05) is 13.0 Å². The minimum Gasteiger partial charge on any atom is -0.508 e. The minimum atomic E-state index is -0.0992. The molecule has 0 saturated carbocycles. The van der Waals surface area contributed by atoms with Gasteiger partial charge in [-0.2, -0.15) is 0 Å². The molecule has 0 unspecified atom stereocenters. The van der Waals surface area contributed by atoms with E-state index in [0.717, 1.165) is 5.56 Å². The van der Waals surface area contributed by atoms with Crippen LogP contribution in [0.4, 0.5) is 0 Å². The Balaban J connectivity index is 2.48. The first kappa shape index (κ1) is 12.0. The van der Waals surface area contributed by atoms with Crippen LogP contribution in [0, 0.1) is 0 Å². The van der Waals surface area contributed by atoms with E-state index in [-0.39, 0.29) is 11.7 Å². The van der Waals surface area contributed by atoms with Crippen molar-refractivity contribution in [3.8, 4) is 5.75 Å². The van der Waals surface area contributed by atoms with E-state index in [4.69, 9.17) is 5.11 Å². The number of allylic oxidation sites excluding steroid dienone is 2. The van der Waals surface area contributed by atoms with E-state index in [2.05, 4.69) is 5.32 Å². The van der Waals surface area contributed by atoms with Gasteiger partial charge in [-0.05, 0) is 24.6 Å². The van der Waals surface area contributed by atoms with Crippen LogP contribution in [-0.2, 0) is 4.79 Å². The van der Waals surface area contributed by atoms with Crippen LogP contribution in [-0.4, -0.2) is 17.6 Å². The molecule has 0 bridgehead atoms. The fraction of sp³-hybridized carbons (Fsp3) is 0.154. The van der Waals surface area contributed by atoms with Gasteiger partial charge in [-0.3, -0.25) is 4.79 Å². The third-order valence-electron chi connectivity index (χ3n) is 1.89. The molecule has 0 aromatic heterocycles. The molecule has 0 heterocycles. The van der Waals surface area contributed by atoms with Crippen molar-refractivity contribution in [3.63, 3.8) is 0 Å². The van der Waals surface area contributed by atoms with E-state index < -0.39 is 0 Å². The van der Waals surface area contributed by atoms with Crippen LogP contribution >= 0.6 is 0 Å². The molecule has 0 aliphatic heterocycles. The van der Waals surface area contributed by atoms with Gasteiger partial charge in [0.25, 0.3) is 0 Å². The minimum absolute atomic E-state index is 0.0992. The van der Waals surface area contributed by atoms with Crippen LogP contribution in [0.25, 0.3) is 6.08 Å². The fourth-order valence-electron chi connectivity index (χ4n) is 1.13. The highest BCUT2D eigenvalue weighted by Gasteiger charge is 1.88. The standard InChI is InChI=1S/C13H15NO2/c1-2-14-13(16)6-4-3-5-11-7-9-12(15)10-8-11/h3-10,15H,2H2,1H3,(H,14,16)/b5-3+,6-4+. The van der Waals surface area contributed by atoms with Gasteiger partial charge >= 0.3 is 0 Å². The summed E-state index contributed by atoms with van der Waals surface area (Å²) in [5.41, 5.74) is 0.971. The lowest BCUT2D eigenvalue weighted by Crippen LogP contribution is -2.19. The zero-order valence-corrected chi connectivity index (χ0v) is 9.18. The predicted octanol–water partition coefficient (Wildman–Crippen LogP) is 2.10. The Hall–Kier alpha value is -2.03. The average molecular weight is 217 g/mol. The smallest absolute Gasteiger partial charge is 0.243 e. The van der Waals surface area contributed by atoms with Crippen molar-refractivity contribution in [2.24, 2.45) is 0 Å². The summed E-state index contributed by atoms with van der Waals surface area (Å²) >= 11 is 0. The molecule has 16 heavy (non-hydrogen) atoms. The third kappa shape index (κ3) is 4.46. The first-order valence-electron chi connectivity index (χ1n) is 5.14. The van der Waals surface area contributed by atoms with Crippen LogP contribution in [0.1, 0.15) is 12.5 Å². The van der Waals surface area contributed by atoms with Gasteiger partial charge in [0.15, 0.2) is 0 Å². The number of carbonyl (C=O) groups is 1. The number of phenolic OH excluding ortho intramolecular Hbond substituents is 1. The second-order valence-electron chi connectivity index (χ2n) is 3.20. The molecule has 3 heteroatoms. The molecule has 0 fully saturated rings. The number of phenols is 1. The summed E-state index contributed by atoms with van der Waals surface area (Å²) in [4.78, 5) is 11.0. The summed E-state index contributed by atoms with van der Waals surface area (Å²) < 4.78 is 0. The van der Waals surface area contributed by atoms with Crippen molar-refractivity contribution in [3.05, 3.63) is 48.1 Å². The molecule has 1 rings (SSSR count). The topological polar surface area (TPSA) is 49.3 Å². The Bertz CT molecular complexity index is 391. The fourth-order valence-corrected chi connectivity index (χ4v) is 1.13. The maximum Gasteiger partial charge on any atom is 0.243 e. The highest BCUT2D eigenvalue weighted by molar-refractivity contribution is 5.87. The van der Waals surface area contributed by atoms with Crippen LogP contribution in [0.5, 0.6) is 5.75 Å². The zero-order valence-electron chi connectivity index (χ0n) is 9.18. The summed E-state index contributed by atoms with van der Waals surface area (Å²) in [6.45, 7) is 2.50. The molecule has 0 saturated heterocycles. The highest BCUT2D eigenvalue weighted by Crippen LogP contribution is 2.10. The van der Waals surface area contributed by atoms with Gasteiger partial charge in [-0.1, -0.05) is 30.4 Å². The van der Waals surface area contributed by atoms with Crippen molar-refractivity contribution in [2.45, 2.75) is 6.92 Å². The number of aromatic hydroxyl groups is 1. The Morgan fingerprint density at radius 3 is 2.62 bits per heavy atom. The van der Waals surface area contributed by atoms with E-state index in [1.165, 1.54) is 6.08 Å². The average Bonchev–Trinajstić information content (AvgIpc) is 2.27. The van der Waals surface area contributed by atoms with E-state index in [0.29, 0.717) is 6.54 Å². The molecular formula is C13H15NO2. The summed E-state index contributed by atoms with van der Waals surface area (Å²) in [5, 5.41) is 11.7. The zero-order chi connectivity index (χ0) is 11.8. The molecule has 0 aliphatic rings. The van der Waals surface area contributed by atoms with Crippen LogP contribution < -0.4 is 5.32 Å². The quantitative estimate of drug-likeness (QED) is 0.599. The molecule has 0 radical (unpaired) electrons. The molecule has 1 aromatic rings. The number of benzene rings is 1. The van der Waals surface area contributed by atoms with Gasteiger partial charge in [0, 0.05) is 12.6 Å². The maximum absolute atomic E-state index is 11.0. The Morgan fingerprint density at radius 2 is 2.00 bits per heavy atom. The summed E-state index contributed by atoms with van der Waals surface area (Å²) in [6.07, 6.45) is 6.79. The molecule has 0 spiro atoms. The first-order chi connectivity index (χ1) is 7.72. The number of likely N-dealkylation sites (N-methyl/N-ethyl adjacent to an activating group) is 1. The molecule has 0 atom stereocenters. The lowest BCUT2D eigenvalue weighted by atomic mass is 10.2. The van der Waals surface area contributed by atoms with Gasteiger partial charge in [-0.25, -0.2) is 0 Å². The van der Waals surface area contributed by atoms with Gasteiger partial charge in [0.1, 0.15) is 5.75 Å². The lowest BCUT2D eigenvalue weighted by molar-refractivity contribution is -0.116. The Kier molecular flexibility index (Phi) is 4.86. The van der Waals surface area contributed by atoms with Gasteiger partial charge in [0.05, 0.1) is 0 Å². The van der Waals surface area contributed by atoms with Gasteiger partial charge < -0.3 is 10.4 Å². The summed E-state index contributed by atoms with van der Waals surface area (Å²) in [7, 11) is 0. The monoisotopic (exact) mass is 217 g/mol. The second-order valence-corrected chi connectivity index (χ2v) is 3.20. The SMILES string of the molecule is CCNC(=O)/C=C/C=C/c1ccc(O)cc1. The van der Waals surface area contributed by atoms with Crippen LogP contribution in [0.15, 0.2) is 42.5 Å². The summed E-state index contributed by atoms with van der Waals surface area (Å²) in [5.74, 6) is 0.146. The maximum atomic E-state index is 11.0. The number of carbonyl (C=O) groups excluding carboxylic acids is 1. The first-order valence-corrected chi connectivity index (χ1v) is 5.14. The van der Waals surface area contributed by atoms with Crippen molar-refractivity contribution in [2.75, 3.05) is 6.54 Å². The molecule has 84 valence electrons. The predicted molar refractivity (Wildman–Crippen MR) is 65.0 cm³/mol. The van der Waals surface area contributed by atoms with Crippen molar-refractivity contribution >= 4 is 12.0 Å². The molecular weight excluding hydrogens is 202 g/mol. The Labute approximate surface area is 95.1 Å². The number of rotatable bonds is 4. The van der Waals surface area contributed by atoms with Crippen molar-refractivity contribution in [1.29, 1.82) is 0 Å². The molecule has 0 aliphatic carbocycles. The molecule has 1 amide bonds. The van der Waals surface area contributed by atoms with E-state index in [9.17, 15) is 4.79 Å². The number of hydrogen-bond donors (Lipinski definition) is 2. The lowest BCUT2D eigenvalue weighted by Gasteiger charge is -1.93. The van der Waals surface area contributed by atoms with Crippen molar-refractivity contribution < 1.29 is 9.90 Å². The summed E-state index contributed by atoms with van der Waals surface area (Å²) in [6, 6.07) is 6.83. The number of hydrogen-bond acceptors (Lipinski definition) is 2. The van der Waals surface area contributed by atoms with Gasteiger partial charge in [-0.15, -0.1) is 0 Å². The largest absolute Gasteiger partial charge is 0.508 e. The van der Waals surface area contributed by atoms with Gasteiger partial charge in [0.2, 0.25) is 5.91 Å². The highest BCUT2D eigenvalue weighted by atomic mass is 16.3. The van der Waals surface area contributed by atoms with Crippen LogP contribution in [0.3, 0.4) is 0 Å². The number of nitrogens with one attached hydrogen (secondary N) is 1. The third-order valence-corrected chi connectivity index (χ3v) is 1.89. The second kappa shape index (κ2) is 6.45. The normalized spacial score (nSPS) is 11.1. The van der Waals surface area contributed by atoms with Crippen molar-refractivity contribution in [1.82, 2.24) is 5.32 Å². The van der Waals surface area contributed by atoms with E-state index >= 15 is 0 Å². The number of amides is 1. The molecule has 1 aromatic carbocycles. The molecule has 3 nitrogen and oxygen atoms in total.